The van der Waals surface area contributed by atoms with Gasteiger partial charge in [-0.25, -0.2) is 0 Å². The molecule has 126 valence electrons. The lowest BCUT2D eigenvalue weighted by Crippen LogP contribution is -2.41. The van der Waals surface area contributed by atoms with Crippen molar-refractivity contribution in [3.05, 3.63) is 58.1 Å². The van der Waals surface area contributed by atoms with Gasteiger partial charge in [0.1, 0.15) is 5.41 Å². The number of rotatable bonds is 4. The lowest BCUT2D eigenvalue weighted by atomic mass is 9.90. The lowest BCUT2D eigenvalue weighted by molar-refractivity contribution is -0.135. The van der Waals surface area contributed by atoms with Gasteiger partial charge in [-0.3, -0.25) is 9.59 Å². The zero-order valence-electron chi connectivity index (χ0n) is 14.2. The van der Waals surface area contributed by atoms with Gasteiger partial charge in [0.2, 0.25) is 11.8 Å². The third kappa shape index (κ3) is 3.85. The molecular formula is C19H21BrN2O2. The van der Waals surface area contributed by atoms with Crippen molar-refractivity contribution in [1.82, 2.24) is 0 Å². The molecule has 4 nitrogen and oxygen atoms in total. The van der Waals surface area contributed by atoms with E-state index in [1.54, 1.807) is 19.9 Å². The Bertz CT molecular complexity index is 764. The standard InChI is InChI=1S/C19H21BrN2O2/c1-12-8-7-9-13(2)16(12)22-18(24)19(3,4)17(23)21-15-11-6-5-10-14(15)20/h5-11H,1-4H3,(H,21,23)(H,22,24). The van der Waals surface area contributed by atoms with E-state index in [-0.39, 0.29) is 11.8 Å². The summed E-state index contributed by atoms with van der Waals surface area (Å²) < 4.78 is 0.768. The average Bonchev–Trinajstić information content (AvgIpc) is 2.53. The fourth-order valence-corrected chi connectivity index (χ4v) is 2.61. The summed E-state index contributed by atoms with van der Waals surface area (Å²) in [4.78, 5) is 25.3. The normalized spacial score (nSPS) is 11.0. The molecule has 0 saturated carbocycles. The Labute approximate surface area is 150 Å². The first-order valence-corrected chi connectivity index (χ1v) is 8.46. The molecule has 2 rings (SSSR count). The maximum Gasteiger partial charge on any atom is 0.239 e. The van der Waals surface area contributed by atoms with E-state index in [0.29, 0.717) is 5.69 Å². The molecule has 0 radical (unpaired) electrons. The van der Waals surface area contributed by atoms with Gasteiger partial charge in [0.15, 0.2) is 0 Å². The van der Waals surface area contributed by atoms with Crippen molar-refractivity contribution in [3.63, 3.8) is 0 Å². The van der Waals surface area contributed by atoms with Crippen LogP contribution in [0.1, 0.15) is 25.0 Å². The van der Waals surface area contributed by atoms with Gasteiger partial charge < -0.3 is 10.6 Å². The molecule has 2 aromatic carbocycles. The van der Waals surface area contributed by atoms with Crippen molar-refractivity contribution in [2.24, 2.45) is 5.41 Å². The van der Waals surface area contributed by atoms with Gasteiger partial charge in [-0.1, -0.05) is 30.3 Å². The highest BCUT2D eigenvalue weighted by molar-refractivity contribution is 9.10. The molecule has 0 aliphatic heterocycles. The molecule has 0 aliphatic rings. The first-order chi connectivity index (χ1) is 11.2. The van der Waals surface area contributed by atoms with Gasteiger partial charge in [-0.05, 0) is 66.9 Å². The zero-order valence-corrected chi connectivity index (χ0v) is 15.8. The minimum absolute atomic E-state index is 0.343. The Morgan fingerprint density at radius 1 is 0.875 bits per heavy atom. The summed E-state index contributed by atoms with van der Waals surface area (Å²) in [6.45, 7) is 7.08. The number of para-hydroxylation sites is 2. The second-order valence-electron chi connectivity index (χ2n) is 6.28. The van der Waals surface area contributed by atoms with Crippen LogP contribution in [0.25, 0.3) is 0 Å². The van der Waals surface area contributed by atoms with Crippen molar-refractivity contribution in [2.45, 2.75) is 27.7 Å². The average molecular weight is 389 g/mol. The first-order valence-electron chi connectivity index (χ1n) is 7.67. The Kier molecular flexibility index (Phi) is 5.44. The van der Waals surface area contributed by atoms with Crippen molar-refractivity contribution < 1.29 is 9.59 Å². The molecular weight excluding hydrogens is 368 g/mol. The van der Waals surface area contributed by atoms with E-state index in [2.05, 4.69) is 26.6 Å². The molecule has 0 unspecified atom stereocenters. The SMILES string of the molecule is Cc1cccc(C)c1NC(=O)C(C)(C)C(=O)Nc1ccccc1Br. The van der Waals surface area contributed by atoms with Gasteiger partial charge in [-0.2, -0.15) is 0 Å². The molecule has 0 saturated heterocycles. The van der Waals surface area contributed by atoms with Gasteiger partial charge >= 0.3 is 0 Å². The van der Waals surface area contributed by atoms with Crippen LogP contribution in [0.15, 0.2) is 46.9 Å². The predicted octanol–water partition coefficient (Wildman–Crippen LogP) is 4.67. The van der Waals surface area contributed by atoms with Crippen LogP contribution in [0.4, 0.5) is 11.4 Å². The van der Waals surface area contributed by atoms with Crippen LogP contribution < -0.4 is 10.6 Å². The largest absolute Gasteiger partial charge is 0.325 e. The van der Waals surface area contributed by atoms with Crippen LogP contribution in [0.3, 0.4) is 0 Å². The number of aryl methyl sites for hydroxylation is 2. The summed E-state index contributed by atoms with van der Waals surface area (Å²) in [5.41, 5.74) is 2.10. The highest BCUT2D eigenvalue weighted by Crippen LogP contribution is 2.27. The van der Waals surface area contributed by atoms with E-state index in [9.17, 15) is 9.59 Å². The molecule has 0 aliphatic carbocycles. The molecule has 0 spiro atoms. The molecule has 2 amide bonds. The number of hydrogen-bond acceptors (Lipinski definition) is 2. The van der Waals surface area contributed by atoms with E-state index in [1.165, 1.54) is 0 Å². The summed E-state index contributed by atoms with van der Waals surface area (Å²) in [5.74, 6) is -0.706. The minimum Gasteiger partial charge on any atom is -0.325 e. The van der Waals surface area contributed by atoms with Gasteiger partial charge in [0.05, 0.1) is 5.69 Å². The monoisotopic (exact) mass is 388 g/mol. The molecule has 2 N–H and O–H groups in total. The van der Waals surface area contributed by atoms with Gasteiger partial charge in [0, 0.05) is 10.2 Å². The van der Waals surface area contributed by atoms with Crippen LogP contribution in [0.5, 0.6) is 0 Å². The van der Waals surface area contributed by atoms with Crippen molar-refractivity contribution >= 4 is 39.1 Å². The van der Waals surface area contributed by atoms with E-state index in [4.69, 9.17) is 0 Å². The number of nitrogens with one attached hydrogen (secondary N) is 2. The second kappa shape index (κ2) is 7.18. The summed E-state index contributed by atoms with van der Waals surface area (Å²) in [7, 11) is 0. The quantitative estimate of drug-likeness (QED) is 0.747. The third-order valence-electron chi connectivity index (χ3n) is 3.98. The van der Waals surface area contributed by atoms with Crippen molar-refractivity contribution in [1.29, 1.82) is 0 Å². The van der Waals surface area contributed by atoms with Crippen LogP contribution in [0, 0.1) is 19.3 Å². The first kappa shape index (κ1) is 18.2. The van der Waals surface area contributed by atoms with E-state index < -0.39 is 5.41 Å². The van der Waals surface area contributed by atoms with Crippen LogP contribution in [-0.2, 0) is 9.59 Å². The molecule has 2 aromatic rings. The number of hydrogen-bond donors (Lipinski definition) is 2. The lowest BCUT2D eigenvalue weighted by Gasteiger charge is -2.24. The highest BCUT2D eigenvalue weighted by Gasteiger charge is 2.36. The Hall–Kier alpha value is -2.14. The molecule has 5 heteroatoms. The molecule has 24 heavy (non-hydrogen) atoms. The second-order valence-corrected chi connectivity index (χ2v) is 7.13. The molecule has 0 bridgehead atoms. The maximum atomic E-state index is 12.7. The predicted molar refractivity (Wildman–Crippen MR) is 101 cm³/mol. The molecule has 0 atom stereocenters. The molecule has 0 fully saturated rings. The highest BCUT2D eigenvalue weighted by atomic mass is 79.9. The summed E-state index contributed by atoms with van der Waals surface area (Å²) in [5, 5.41) is 5.69. The number of benzene rings is 2. The summed E-state index contributed by atoms with van der Waals surface area (Å²) in [6.07, 6.45) is 0. The van der Waals surface area contributed by atoms with Gasteiger partial charge in [0.25, 0.3) is 0 Å². The number of anilines is 2. The Morgan fingerprint density at radius 2 is 1.42 bits per heavy atom. The smallest absolute Gasteiger partial charge is 0.239 e. The zero-order chi connectivity index (χ0) is 17.9. The summed E-state index contributed by atoms with van der Waals surface area (Å²) in [6, 6.07) is 13.1. The number of halogens is 1. The number of carbonyl (C=O) groups is 2. The topological polar surface area (TPSA) is 58.2 Å². The molecule has 0 heterocycles. The van der Waals surface area contributed by atoms with E-state index >= 15 is 0 Å². The Morgan fingerprint density at radius 3 is 2.00 bits per heavy atom. The van der Waals surface area contributed by atoms with E-state index in [0.717, 1.165) is 21.3 Å². The van der Waals surface area contributed by atoms with E-state index in [1.807, 2.05) is 50.2 Å². The maximum absolute atomic E-state index is 12.7. The fourth-order valence-electron chi connectivity index (χ4n) is 2.23. The Balaban J connectivity index is 2.18. The van der Waals surface area contributed by atoms with Crippen LogP contribution >= 0.6 is 15.9 Å². The van der Waals surface area contributed by atoms with Crippen LogP contribution in [-0.4, -0.2) is 11.8 Å². The van der Waals surface area contributed by atoms with Crippen molar-refractivity contribution in [3.8, 4) is 0 Å². The number of carbonyl (C=O) groups excluding carboxylic acids is 2. The molecule has 0 aromatic heterocycles. The third-order valence-corrected chi connectivity index (χ3v) is 4.67. The summed E-state index contributed by atoms with van der Waals surface area (Å²) >= 11 is 3.39. The van der Waals surface area contributed by atoms with Gasteiger partial charge in [-0.15, -0.1) is 0 Å². The fraction of sp³-hybridized carbons (Fsp3) is 0.263. The van der Waals surface area contributed by atoms with Crippen molar-refractivity contribution in [2.75, 3.05) is 10.6 Å². The minimum atomic E-state index is -1.22. The van der Waals surface area contributed by atoms with Crippen LogP contribution in [0.2, 0.25) is 0 Å². The number of amides is 2.